The Morgan fingerprint density at radius 1 is 1.09 bits per heavy atom. The monoisotopic (exact) mass is 304 g/mol. The van der Waals surface area contributed by atoms with Crippen LogP contribution in [0.1, 0.15) is 79.1 Å². The van der Waals surface area contributed by atoms with Crippen molar-refractivity contribution in [2.45, 2.75) is 84.7 Å². The highest BCUT2D eigenvalue weighted by Crippen LogP contribution is 2.71. The second kappa shape index (κ2) is 5.11. The predicted octanol–water partition coefficient (Wildman–Crippen LogP) is 5.27. The molecule has 124 valence electrons. The van der Waals surface area contributed by atoms with Gasteiger partial charge >= 0.3 is 5.97 Å². The fourth-order valence-corrected chi connectivity index (χ4v) is 5.94. The van der Waals surface area contributed by atoms with Crippen molar-refractivity contribution in [2.75, 3.05) is 0 Å². The van der Waals surface area contributed by atoms with Crippen LogP contribution in [0.25, 0.3) is 0 Å². The number of carbonyl (C=O) groups is 1. The lowest BCUT2D eigenvalue weighted by atomic mass is 9.59. The predicted molar refractivity (Wildman–Crippen MR) is 89.4 cm³/mol. The largest absolute Gasteiger partial charge is 0.455 e. The summed E-state index contributed by atoms with van der Waals surface area (Å²) in [5.74, 6) is 1.15. The number of rotatable bonds is 3. The highest BCUT2D eigenvalue weighted by atomic mass is 16.6. The summed E-state index contributed by atoms with van der Waals surface area (Å²) in [5, 5.41) is 0. The molecular formula is C20H32O2. The van der Waals surface area contributed by atoms with Crippen LogP contribution >= 0.6 is 0 Å². The van der Waals surface area contributed by atoms with Crippen LogP contribution in [0.5, 0.6) is 0 Å². The van der Waals surface area contributed by atoms with Crippen molar-refractivity contribution in [1.82, 2.24) is 0 Å². The summed E-state index contributed by atoms with van der Waals surface area (Å²) in [6.45, 7) is 12.9. The number of hydrogen-bond donors (Lipinski definition) is 0. The number of hydrogen-bond acceptors (Lipinski definition) is 2. The van der Waals surface area contributed by atoms with Crippen LogP contribution < -0.4 is 0 Å². The van der Waals surface area contributed by atoms with E-state index in [2.05, 4.69) is 27.4 Å². The molecule has 0 radical (unpaired) electrons. The fraction of sp³-hybridized carbons (Fsp3) is 0.850. The Hall–Kier alpha value is -0.790. The quantitative estimate of drug-likeness (QED) is 0.524. The van der Waals surface area contributed by atoms with Gasteiger partial charge in [0, 0.05) is 11.5 Å². The van der Waals surface area contributed by atoms with E-state index in [1.165, 1.54) is 38.5 Å². The maximum absolute atomic E-state index is 12.3. The lowest BCUT2D eigenvalue weighted by molar-refractivity contribution is -0.176. The smallest absolute Gasteiger partial charge is 0.333 e. The van der Waals surface area contributed by atoms with Crippen molar-refractivity contribution in [1.29, 1.82) is 0 Å². The van der Waals surface area contributed by atoms with E-state index in [-0.39, 0.29) is 11.6 Å². The minimum absolute atomic E-state index is 0.175. The third kappa shape index (κ3) is 2.09. The number of fused-ring (bicyclic) bond motifs is 2. The van der Waals surface area contributed by atoms with Crippen LogP contribution in [0.15, 0.2) is 12.2 Å². The van der Waals surface area contributed by atoms with Crippen LogP contribution in [-0.2, 0) is 9.53 Å². The molecule has 3 atom stereocenters. The van der Waals surface area contributed by atoms with Crippen molar-refractivity contribution in [3.05, 3.63) is 12.2 Å². The van der Waals surface area contributed by atoms with E-state index in [0.717, 1.165) is 18.8 Å². The summed E-state index contributed by atoms with van der Waals surface area (Å²) in [6, 6.07) is 0. The van der Waals surface area contributed by atoms with Gasteiger partial charge in [0.2, 0.25) is 0 Å². The minimum Gasteiger partial charge on any atom is -0.455 e. The standard InChI is InChI=1S/C20H32O2/c1-14(2)17(21)22-20(10-7-6-8-11-20)16-13-15-9-12-19(16,5)18(15,3)4/h15-16H,1,6-13H2,2-5H3/t15-,16?,19-/m1/s1. The third-order valence-electron chi connectivity index (χ3n) is 7.77. The first-order valence-corrected chi connectivity index (χ1v) is 9.12. The van der Waals surface area contributed by atoms with Gasteiger partial charge in [0.1, 0.15) is 5.60 Å². The van der Waals surface area contributed by atoms with Gasteiger partial charge in [-0.2, -0.15) is 0 Å². The van der Waals surface area contributed by atoms with Gasteiger partial charge in [-0.05, 0) is 68.6 Å². The van der Waals surface area contributed by atoms with Gasteiger partial charge in [-0.15, -0.1) is 0 Å². The molecule has 0 aromatic rings. The lowest BCUT2D eigenvalue weighted by Gasteiger charge is -2.50. The molecule has 2 nitrogen and oxygen atoms in total. The lowest BCUT2D eigenvalue weighted by Crippen LogP contribution is -2.51. The van der Waals surface area contributed by atoms with Crippen molar-refractivity contribution in [3.63, 3.8) is 0 Å². The van der Waals surface area contributed by atoms with Gasteiger partial charge < -0.3 is 4.74 Å². The summed E-state index contributed by atoms with van der Waals surface area (Å²) in [4.78, 5) is 12.3. The summed E-state index contributed by atoms with van der Waals surface area (Å²) < 4.78 is 6.20. The molecule has 0 N–H and O–H groups in total. The van der Waals surface area contributed by atoms with E-state index in [1.54, 1.807) is 6.92 Å². The van der Waals surface area contributed by atoms with Crippen molar-refractivity contribution < 1.29 is 9.53 Å². The average Bonchev–Trinajstić information content (AvgIpc) is 2.81. The molecule has 3 saturated carbocycles. The molecule has 2 bridgehead atoms. The highest BCUT2D eigenvalue weighted by molar-refractivity contribution is 5.87. The zero-order valence-electron chi connectivity index (χ0n) is 14.8. The molecule has 0 amide bonds. The minimum atomic E-state index is -0.227. The molecule has 22 heavy (non-hydrogen) atoms. The Bertz CT molecular complexity index is 484. The molecule has 2 heteroatoms. The van der Waals surface area contributed by atoms with Crippen molar-refractivity contribution in [2.24, 2.45) is 22.7 Å². The Morgan fingerprint density at radius 3 is 2.18 bits per heavy atom. The van der Waals surface area contributed by atoms with E-state index >= 15 is 0 Å². The molecule has 3 aliphatic carbocycles. The number of esters is 1. The van der Waals surface area contributed by atoms with Gasteiger partial charge in [0.25, 0.3) is 0 Å². The Kier molecular flexibility index (Phi) is 3.73. The second-order valence-electron chi connectivity index (χ2n) is 8.96. The Morgan fingerprint density at radius 2 is 1.73 bits per heavy atom. The number of carbonyl (C=O) groups excluding carboxylic acids is 1. The second-order valence-corrected chi connectivity index (χ2v) is 8.96. The van der Waals surface area contributed by atoms with Crippen LogP contribution in [0.2, 0.25) is 0 Å². The molecule has 0 heterocycles. The fourth-order valence-electron chi connectivity index (χ4n) is 5.94. The SMILES string of the molecule is C=C(C)C(=O)OC1(C2C[C@H]3CC[C@@]2(C)C3(C)C)CCCCC1. The molecule has 3 rings (SSSR count). The molecule has 0 aromatic heterocycles. The molecule has 0 aromatic carbocycles. The van der Waals surface area contributed by atoms with Crippen molar-refractivity contribution in [3.8, 4) is 0 Å². The number of ether oxygens (including phenoxy) is 1. The summed E-state index contributed by atoms with van der Waals surface area (Å²) in [5.41, 5.74) is 0.995. The van der Waals surface area contributed by atoms with Gasteiger partial charge in [0.15, 0.2) is 0 Å². The van der Waals surface area contributed by atoms with Gasteiger partial charge in [-0.1, -0.05) is 33.8 Å². The topological polar surface area (TPSA) is 26.3 Å². The summed E-state index contributed by atoms with van der Waals surface area (Å²) in [6.07, 6.45) is 9.66. The molecule has 3 aliphatic rings. The molecule has 0 aliphatic heterocycles. The molecule has 0 saturated heterocycles. The first-order valence-electron chi connectivity index (χ1n) is 9.12. The van der Waals surface area contributed by atoms with Gasteiger partial charge in [-0.25, -0.2) is 4.79 Å². The molecule has 0 spiro atoms. The molecule has 1 unspecified atom stereocenters. The molecular weight excluding hydrogens is 272 g/mol. The van der Waals surface area contributed by atoms with E-state index in [9.17, 15) is 4.79 Å². The van der Waals surface area contributed by atoms with Gasteiger partial charge in [-0.3, -0.25) is 0 Å². The normalized spacial score (nSPS) is 38.7. The molecule has 3 fully saturated rings. The van der Waals surface area contributed by atoms with Crippen LogP contribution in [-0.4, -0.2) is 11.6 Å². The third-order valence-corrected chi connectivity index (χ3v) is 7.77. The van der Waals surface area contributed by atoms with E-state index in [0.29, 0.717) is 22.3 Å². The maximum Gasteiger partial charge on any atom is 0.333 e. The van der Waals surface area contributed by atoms with Crippen molar-refractivity contribution >= 4 is 5.97 Å². The highest BCUT2D eigenvalue weighted by Gasteiger charge is 2.66. The van der Waals surface area contributed by atoms with Crippen LogP contribution in [0, 0.1) is 22.7 Å². The van der Waals surface area contributed by atoms with E-state index in [4.69, 9.17) is 4.74 Å². The summed E-state index contributed by atoms with van der Waals surface area (Å²) in [7, 11) is 0. The van der Waals surface area contributed by atoms with Crippen LogP contribution in [0.3, 0.4) is 0 Å². The zero-order valence-corrected chi connectivity index (χ0v) is 14.8. The average molecular weight is 304 g/mol. The van der Waals surface area contributed by atoms with E-state index in [1.807, 2.05) is 0 Å². The maximum atomic E-state index is 12.3. The first kappa shape index (κ1) is 16.1. The summed E-state index contributed by atoms with van der Waals surface area (Å²) >= 11 is 0. The van der Waals surface area contributed by atoms with Crippen LogP contribution in [0.4, 0.5) is 0 Å². The Balaban J connectivity index is 1.94. The zero-order chi connectivity index (χ0) is 16.2. The van der Waals surface area contributed by atoms with Gasteiger partial charge in [0.05, 0.1) is 0 Å². The Labute approximate surface area is 135 Å². The van der Waals surface area contributed by atoms with E-state index < -0.39 is 0 Å². The first-order chi connectivity index (χ1) is 10.2.